The summed E-state index contributed by atoms with van der Waals surface area (Å²) >= 11 is 5.64. The number of rotatable bonds is 3. The molecule has 1 aromatic rings. The third kappa shape index (κ3) is 3.01. The second-order valence-corrected chi connectivity index (χ2v) is 4.84. The highest BCUT2D eigenvalue weighted by molar-refractivity contribution is 6.29. The molecule has 0 spiro atoms. The molecule has 2 unspecified atom stereocenters. The summed E-state index contributed by atoms with van der Waals surface area (Å²) in [7, 11) is 0. The SMILES string of the molecule is NCC1CCCCC1NC(=O)c1ccc(Cl)o1. The summed E-state index contributed by atoms with van der Waals surface area (Å²) in [6, 6.07) is 3.31. The smallest absolute Gasteiger partial charge is 0.287 e. The predicted molar refractivity (Wildman–Crippen MR) is 66.0 cm³/mol. The van der Waals surface area contributed by atoms with Crippen LogP contribution in [0.4, 0.5) is 0 Å². The Morgan fingerprint density at radius 2 is 2.24 bits per heavy atom. The molecule has 1 aliphatic rings. The van der Waals surface area contributed by atoms with Gasteiger partial charge in [-0.2, -0.15) is 0 Å². The van der Waals surface area contributed by atoms with Crippen molar-refractivity contribution >= 4 is 17.5 Å². The molecule has 3 N–H and O–H groups in total. The van der Waals surface area contributed by atoms with Gasteiger partial charge in [0.25, 0.3) is 5.91 Å². The van der Waals surface area contributed by atoms with E-state index in [2.05, 4.69) is 5.32 Å². The van der Waals surface area contributed by atoms with Crippen molar-refractivity contribution < 1.29 is 9.21 Å². The summed E-state index contributed by atoms with van der Waals surface area (Å²) in [5, 5.41) is 3.21. The van der Waals surface area contributed by atoms with Crippen LogP contribution >= 0.6 is 11.6 Å². The van der Waals surface area contributed by atoms with Crippen molar-refractivity contribution in [3.05, 3.63) is 23.1 Å². The Hall–Kier alpha value is -1.00. The van der Waals surface area contributed by atoms with Crippen molar-refractivity contribution in [2.45, 2.75) is 31.7 Å². The Balaban J connectivity index is 1.97. The lowest BCUT2D eigenvalue weighted by Crippen LogP contribution is -2.44. The van der Waals surface area contributed by atoms with E-state index in [1.54, 1.807) is 12.1 Å². The first-order chi connectivity index (χ1) is 8.20. The normalized spacial score (nSPS) is 24.6. The molecule has 2 rings (SSSR count). The van der Waals surface area contributed by atoms with E-state index < -0.39 is 0 Å². The van der Waals surface area contributed by atoms with Crippen molar-refractivity contribution in [2.24, 2.45) is 11.7 Å². The lowest BCUT2D eigenvalue weighted by Gasteiger charge is -2.30. The van der Waals surface area contributed by atoms with E-state index in [0.717, 1.165) is 19.3 Å². The molecule has 5 heteroatoms. The molecule has 0 bridgehead atoms. The monoisotopic (exact) mass is 256 g/mol. The number of carbonyl (C=O) groups excluding carboxylic acids is 1. The summed E-state index contributed by atoms with van der Waals surface area (Å²) in [5.41, 5.74) is 5.72. The molecule has 2 atom stereocenters. The predicted octanol–water partition coefficient (Wildman–Crippen LogP) is 2.18. The molecule has 1 amide bonds. The highest BCUT2D eigenvalue weighted by atomic mass is 35.5. The fourth-order valence-corrected chi connectivity index (χ4v) is 2.50. The van der Waals surface area contributed by atoms with Crippen molar-refractivity contribution in [1.82, 2.24) is 5.32 Å². The quantitative estimate of drug-likeness (QED) is 0.871. The maximum atomic E-state index is 11.9. The van der Waals surface area contributed by atoms with Gasteiger partial charge in [0, 0.05) is 6.04 Å². The van der Waals surface area contributed by atoms with E-state index in [1.807, 2.05) is 0 Å². The molecule has 0 saturated heterocycles. The van der Waals surface area contributed by atoms with E-state index in [9.17, 15) is 4.79 Å². The second-order valence-electron chi connectivity index (χ2n) is 4.46. The summed E-state index contributed by atoms with van der Waals surface area (Å²) in [4.78, 5) is 11.9. The van der Waals surface area contributed by atoms with Gasteiger partial charge in [0.05, 0.1) is 0 Å². The van der Waals surface area contributed by atoms with Crippen LogP contribution in [0, 0.1) is 5.92 Å². The summed E-state index contributed by atoms with van der Waals surface area (Å²) in [5.74, 6) is 0.428. The first kappa shape index (κ1) is 12.5. The molecule has 0 aromatic carbocycles. The zero-order valence-electron chi connectivity index (χ0n) is 9.62. The third-order valence-corrected chi connectivity index (χ3v) is 3.53. The van der Waals surface area contributed by atoms with Gasteiger partial charge in [-0.05, 0) is 49.0 Å². The summed E-state index contributed by atoms with van der Waals surface area (Å²) < 4.78 is 5.08. The fourth-order valence-electron chi connectivity index (χ4n) is 2.36. The zero-order chi connectivity index (χ0) is 12.3. The van der Waals surface area contributed by atoms with E-state index in [0.29, 0.717) is 12.5 Å². The molecule has 0 aliphatic heterocycles. The first-order valence-corrected chi connectivity index (χ1v) is 6.35. The van der Waals surface area contributed by atoms with Gasteiger partial charge in [0.1, 0.15) is 0 Å². The van der Waals surface area contributed by atoms with Gasteiger partial charge in [-0.15, -0.1) is 0 Å². The Kier molecular flexibility index (Phi) is 4.07. The highest BCUT2D eigenvalue weighted by Gasteiger charge is 2.26. The second kappa shape index (κ2) is 5.56. The maximum absolute atomic E-state index is 11.9. The molecular formula is C12H17ClN2O2. The number of halogens is 1. The van der Waals surface area contributed by atoms with Gasteiger partial charge in [0.2, 0.25) is 0 Å². The van der Waals surface area contributed by atoms with Crippen LogP contribution in [0.5, 0.6) is 0 Å². The van der Waals surface area contributed by atoms with Gasteiger partial charge in [0.15, 0.2) is 11.0 Å². The van der Waals surface area contributed by atoms with E-state index >= 15 is 0 Å². The Bertz CT molecular complexity index is 392. The number of hydrogen-bond acceptors (Lipinski definition) is 3. The third-order valence-electron chi connectivity index (χ3n) is 3.33. The lowest BCUT2D eigenvalue weighted by molar-refractivity contribution is 0.0880. The molecule has 1 aromatic heterocycles. The summed E-state index contributed by atoms with van der Waals surface area (Å²) in [6.45, 7) is 0.615. The number of nitrogens with two attached hydrogens (primary N) is 1. The molecular weight excluding hydrogens is 240 g/mol. The van der Waals surface area contributed by atoms with E-state index in [-0.39, 0.29) is 22.9 Å². The highest BCUT2D eigenvalue weighted by Crippen LogP contribution is 2.24. The summed E-state index contributed by atoms with van der Waals surface area (Å²) in [6.07, 6.45) is 4.41. The fraction of sp³-hybridized carbons (Fsp3) is 0.583. The minimum absolute atomic E-state index is 0.158. The molecule has 4 nitrogen and oxygen atoms in total. The molecule has 1 fully saturated rings. The van der Waals surface area contributed by atoms with Gasteiger partial charge in [-0.25, -0.2) is 0 Å². The molecule has 1 saturated carbocycles. The maximum Gasteiger partial charge on any atom is 0.287 e. The lowest BCUT2D eigenvalue weighted by atomic mass is 9.84. The number of furan rings is 1. The van der Waals surface area contributed by atoms with Crippen molar-refractivity contribution in [3.63, 3.8) is 0 Å². The van der Waals surface area contributed by atoms with Crippen molar-refractivity contribution in [2.75, 3.05) is 6.54 Å². The van der Waals surface area contributed by atoms with Crippen molar-refractivity contribution in [1.29, 1.82) is 0 Å². The minimum atomic E-state index is -0.206. The number of nitrogens with one attached hydrogen (secondary N) is 1. The van der Waals surface area contributed by atoms with E-state index in [4.69, 9.17) is 21.8 Å². The molecule has 0 radical (unpaired) electrons. The van der Waals surface area contributed by atoms with Gasteiger partial charge in [-0.1, -0.05) is 12.8 Å². The molecule has 17 heavy (non-hydrogen) atoms. The van der Waals surface area contributed by atoms with Crippen molar-refractivity contribution in [3.8, 4) is 0 Å². The van der Waals surface area contributed by atoms with Crippen LogP contribution in [-0.4, -0.2) is 18.5 Å². The van der Waals surface area contributed by atoms with Crippen LogP contribution < -0.4 is 11.1 Å². The van der Waals surface area contributed by atoms with Crippen LogP contribution in [0.1, 0.15) is 36.2 Å². The molecule has 94 valence electrons. The average Bonchev–Trinajstić information content (AvgIpc) is 2.77. The van der Waals surface area contributed by atoms with Gasteiger partial charge < -0.3 is 15.5 Å². The average molecular weight is 257 g/mol. The minimum Gasteiger partial charge on any atom is -0.440 e. The Morgan fingerprint density at radius 3 is 2.88 bits per heavy atom. The van der Waals surface area contributed by atoms with Crippen LogP contribution in [-0.2, 0) is 0 Å². The van der Waals surface area contributed by atoms with Crippen LogP contribution in [0.3, 0.4) is 0 Å². The van der Waals surface area contributed by atoms with Crippen LogP contribution in [0.2, 0.25) is 5.22 Å². The van der Waals surface area contributed by atoms with Crippen LogP contribution in [0.15, 0.2) is 16.5 Å². The van der Waals surface area contributed by atoms with Crippen LogP contribution in [0.25, 0.3) is 0 Å². The molecule has 1 heterocycles. The zero-order valence-corrected chi connectivity index (χ0v) is 10.4. The topological polar surface area (TPSA) is 68.3 Å². The number of carbonyl (C=O) groups is 1. The van der Waals surface area contributed by atoms with Gasteiger partial charge in [-0.3, -0.25) is 4.79 Å². The van der Waals surface area contributed by atoms with Gasteiger partial charge >= 0.3 is 0 Å². The van der Waals surface area contributed by atoms with E-state index in [1.165, 1.54) is 6.42 Å². The Labute approximate surface area is 105 Å². The molecule has 1 aliphatic carbocycles. The number of amides is 1. The first-order valence-electron chi connectivity index (χ1n) is 5.97. The standard InChI is InChI=1S/C12H17ClN2O2/c13-11-6-5-10(17-11)12(16)15-9-4-2-1-3-8(9)7-14/h5-6,8-9H,1-4,7,14H2,(H,15,16). The number of hydrogen-bond donors (Lipinski definition) is 2. The largest absolute Gasteiger partial charge is 0.440 e. The Morgan fingerprint density at radius 1 is 1.47 bits per heavy atom.